The van der Waals surface area contributed by atoms with Gasteiger partial charge in [-0.3, -0.25) is 0 Å². The van der Waals surface area contributed by atoms with Crippen LogP contribution in [-0.2, 0) is 13.2 Å². The molecule has 0 radical (unpaired) electrons. The first kappa shape index (κ1) is 15.8. The second-order valence-corrected chi connectivity index (χ2v) is 5.96. The van der Waals surface area contributed by atoms with E-state index in [0.717, 1.165) is 35.8 Å². The van der Waals surface area contributed by atoms with Crippen molar-refractivity contribution in [2.24, 2.45) is 5.92 Å². The second kappa shape index (κ2) is 8.00. The minimum atomic E-state index is 0.459. The average molecular weight is 306 g/mol. The highest BCUT2D eigenvalue weighted by atomic mass is 32.1. The fraction of sp³-hybridized carbons (Fsp3) is 0.438. The first-order valence-electron chi connectivity index (χ1n) is 7.07. The normalized spacial score (nSPS) is 10.9. The molecule has 0 atom stereocenters. The Labute approximate surface area is 130 Å². The first-order chi connectivity index (χ1) is 10.2. The van der Waals surface area contributed by atoms with Gasteiger partial charge in [0.25, 0.3) is 0 Å². The Bertz CT molecular complexity index is 541. The van der Waals surface area contributed by atoms with E-state index in [1.54, 1.807) is 18.4 Å². The standard InChI is InChI=1S/C16H22N2O2S/c1-12(2)7-17-8-13-5-4-6-15(19-3)16(13)20-9-14-10-21-11-18-14/h4-6,10-12,17H,7-9H2,1-3H3. The van der Waals surface area contributed by atoms with Crippen LogP contribution in [0.2, 0.25) is 0 Å². The monoisotopic (exact) mass is 306 g/mol. The number of ether oxygens (including phenoxy) is 2. The Morgan fingerprint density at radius 3 is 2.86 bits per heavy atom. The SMILES string of the molecule is COc1cccc(CNCC(C)C)c1OCc1cscn1. The summed E-state index contributed by atoms with van der Waals surface area (Å²) in [4.78, 5) is 4.24. The van der Waals surface area contributed by atoms with Crippen molar-refractivity contribution in [2.45, 2.75) is 27.0 Å². The summed E-state index contributed by atoms with van der Waals surface area (Å²) in [5.41, 5.74) is 3.85. The number of para-hydroxylation sites is 1. The molecular formula is C16H22N2O2S. The molecule has 0 fully saturated rings. The summed E-state index contributed by atoms with van der Waals surface area (Å²) in [6.07, 6.45) is 0. The van der Waals surface area contributed by atoms with Crippen molar-refractivity contribution in [1.29, 1.82) is 0 Å². The molecule has 1 aromatic carbocycles. The molecule has 114 valence electrons. The van der Waals surface area contributed by atoms with Crippen molar-refractivity contribution in [2.75, 3.05) is 13.7 Å². The number of hydrogen-bond acceptors (Lipinski definition) is 5. The quantitative estimate of drug-likeness (QED) is 0.811. The van der Waals surface area contributed by atoms with E-state index in [4.69, 9.17) is 9.47 Å². The second-order valence-electron chi connectivity index (χ2n) is 5.24. The molecule has 0 saturated carbocycles. The van der Waals surface area contributed by atoms with Crippen molar-refractivity contribution in [1.82, 2.24) is 10.3 Å². The Hall–Kier alpha value is -1.59. The largest absolute Gasteiger partial charge is 0.493 e. The molecule has 0 spiro atoms. The van der Waals surface area contributed by atoms with Crippen LogP contribution in [-0.4, -0.2) is 18.6 Å². The highest BCUT2D eigenvalue weighted by Gasteiger charge is 2.11. The summed E-state index contributed by atoms with van der Waals surface area (Å²) in [6, 6.07) is 5.97. The van der Waals surface area contributed by atoms with Gasteiger partial charge in [-0.1, -0.05) is 26.0 Å². The van der Waals surface area contributed by atoms with Crippen LogP contribution in [0, 0.1) is 5.92 Å². The molecule has 0 aliphatic heterocycles. The van der Waals surface area contributed by atoms with Crippen LogP contribution in [0.4, 0.5) is 0 Å². The number of hydrogen-bond donors (Lipinski definition) is 1. The van der Waals surface area contributed by atoms with Crippen molar-refractivity contribution < 1.29 is 9.47 Å². The van der Waals surface area contributed by atoms with Gasteiger partial charge in [0.1, 0.15) is 6.61 Å². The van der Waals surface area contributed by atoms with Gasteiger partial charge >= 0.3 is 0 Å². The van der Waals surface area contributed by atoms with Gasteiger partial charge in [0.15, 0.2) is 11.5 Å². The molecule has 0 unspecified atom stereocenters. The lowest BCUT2D eigenvalue weighted by molar-refractivity contribution is 0.277. The molecule has 21 heavy (non-hydrogen) atoms. The van der Waals surface area contributed by atoms with Crippen LogP contribution in [0.3, 0.4) is 0 Å². The van der Waals surface area contributed by atoms with E-state index in [1.807, 2.05) is 23.0 Å². The van der Waals surface area contributed by atoms with Crippen LogP contribution >= 0.6 is 11.3 Å². The van der Waals surface area contributed by atoms with Crippen LogP contribution in [0.25, 0.3) is 0 Å². The predicted molar refractivity (Wildman–Crippen MR) is 86.0 cm³/mol. The summed E-state index contributed by atoms with van der Waals surface area (Å²) in [6.45, 7) is 6.59. The highest BCUT2D eigenvalue weighted by molar-refractivity contribution is 7.07. The minimum absolute atomic E-state index is 0.459. The lowest BCUT2D eigenvalue weighted by Gasteiger charge is -2.15. The topological polar surface area (TPSA) is 43.4 Å². The third-order valence-electron chi connectivity index (χ3n) is 3.00. The van der Waals surface area contributed by atoms with E-state index in [9.17, 15) is 0 Å². The fourth-order valence-electron chi connectivity index (χ4n) is 1.98. The molecular weight excluding hydrogens is 284 g/mol. The lowest BCUT2D eigenvalue weighted by Crippen LogP contribution is -2.19. The van der Waals surface area contributed by atoms with E-state index < -0.39 is 0 Å². The summed E-state index contributed by atoms with van der Waals surface area (Å²) in [5.74, 6) is 2.17. The molecule has 1 aromatic heterocycles. The Morgan fingerprint density at radius 2 is 2.19 bits per heavy atom. The number of nitrogens with zero attached hydrogens (tertiary/aromatic N) is 1. The summed E-state index contributed by atoms with van der Waals surface area (Å²) >= 11 is 1.57. The van der Waals surface area contributed by atoms with Gasteiger partial charge in [-0.15, -0.1) is 11.3 Å². The van der Waals surface area contributed by atoms with Crippen molar-refractivity contribution in [3.05, 3.63) is 40.3 Å². The molecule has 2 aromatic rings. The van der Waals surface area contributed by atoms with Gasteiger partial charge < -0.3 is 14.8 Å². The number of aromatic nitrogens is 1. The van der Waals surface area contributed by atoms with E-state index in [-0.39, 0.29) is 0 Å². The van der Waals surface area contributed by atoms with Crippen LogP contribution < -0.4 is 14.8 Å². The molecule has 2 rings (SSSR count). The minimum Gasteiger partial charge on any atom is -0.493 e. The third-order valence-corrected chi connectivity index (χ3v) is 3.63. The molecule has 0 aliphatic carbocycles. The van der Waals surface area contributed by atoms with Gasteiger partial charge in [-0.25, -0.2) is 4.98 Å². The number of thiazole rings is 1. The molecule has 1 N–H and O–H groups in total. The molecule has 1 heterocycles. The Kier molecular flexibility index (Phi) is 6.02. The van der Waals surface area contributed by atoms with E-state index in [2.05, 4.69) is 30.2 Å². The smallest absolute Gasteiger partial charge is 0.166 e. The zero-order valence-electron chi connectivity index (χ0n) is 12.8. The van der Waals surface area contributed by atoms with Crippen molar-refractivity contribution in [3.8, 4) is 11.5 Å². The summed E-state index contributed by atoms with van der Waals surface area (Å²) in [7, 11) is 1.66. The number of rotatable bonds is 8. The average Bonchev–Trinajstić information content (AvgIpc) is 2.98. The van der Waals surface area contributed by atoms with E-state index in [0.29, 0.717) is 12.5 Å². The summed E-state index contributed by atoms with van der Waals surface area (Å²) in [5, 5.41) is 5.43. The predicted octanol–water partition coefficient (Wildman–Crippen LogP) is 3.48. The number of methoxy groups -OCH3 is 1. The Morgan fingerprint density at radius 1 is 1.33 bits per heavy atom. The number of nitrogens with one attached hydrogen (secondary N) is 1. The Balaban J connectivity index is 2.07. The molecule has 0 saturated heterocycles. The highest BCUT2D eigenvalue weighted by Crippen LogP contribution is 2.31. The van der Waals surface area contributed by atoms with Gasteiger partial charge in [0.2, 0.25) is 0 Å². The molecule has 0 amide bonds. The fourth-order valence-corrected chi connectivity index (χ4v) is 2.52. The van der Waals surface area contributed by atoms with Gasteiger partial charge in [-0.05, 0) is 18.5 Å². The number of benzene rings is 1. The van der Waals surface area contributed by atoms with Gasteiger partial charge in [0.05, 0.1) is 18.3 Å². The van der Waals surface area contributed by atoms with Crippen LogP contribution in [0.15, 0.2) is 29.1 Å². The maximum absolute atomic E-state index is 5.94. The lowest BCUT2D eigenvalue weighted by atomic mass is 10.1. The maximum atomic E-state index is 5.94. The van der Waals surface area contributed by atoms with Crippen LogP contribution in [0.5, 0.6) is 11.5 Å². The van der Waals surface area contributed by atoms with E-state index >= 15 is 0 Å². The van der Waals surface area contributed by atoms with Gasteiger partial charge in [0, 0.05) is 17.5 Å². The van der Waals surface area contributed by atoms with Gasteiger partial charge in [-0.2, -0.15) is 0 Å². The molecule has 0 aliphatic rings. The zero-order chi connectivity index (χ0) is 15.1. The van der Waals surface area contributed by atoms with E-state index in [1.165, 1.54) is 0 Å². The van der Waals surface area contributed by atoms with Crippen molar-refractivity contribution >= 4 is 11.3 Å². The maximum Gasteiger partial charge on any atom is 0.166 e. The molecule has 5 heteroatoms. The first-order valence-corrected chi connectivity index (χ1v) is 8.01. The zero-order valence-corrected chi connectivity index (χ0v) is 13.6. The molecule has 0 bridgehead atoms. The van der Waals surface area contributed by atoms with Crippen LogP contribution in [0.1, 0.15) is 25.1 Å². The summed E-state index contributed by atoms with van der Waals surface area (Å²) < 4.78 is 11.4. The van der Waals surface area contributed by atoms with Crippen molar-refractivity contribution in [3.63, 3.8) is 0 Å². The molecule has 4 nitrogen and oxygen atoms in total. The third kappa shape index (κ3) is 4.72.